The molecular weight excluding hydrogens is 398 g/mol. The Morgan fingerprint density at radius 3 is 2.12 bits per heavy atom. The first kappa shape index (κ1) is 21.5. The maximum Gasteiger partial charge on any atom is 0.282 e. The van der Waals surface area contributed by atoms with Crippen molar-refractivity contribution < 1.29 is 9.59 Å². The van der Waals surface area contributed by atoms with Gasteiger partial charge >= 0.3 is 0 Å². The van der Waals surface area contributed by atoms with Crippen molar-refractivity contribution in [2.24, 2.45) is 0 Å². The number of imide groups is 1. The third-order valence-electron chi connectivity index (χ3n) is 5.84. The van der Waals surface area contributed by atoms with Crippen LogP contribution in [0.2, 0.25) is 0 Å². The molecule has 162 valence electrons. The quantitative estimate of drug-likeness (QED) is 0.499. The van der Waals surface area contributed by atoms with E-state index in [1.54, 1.807) is 12.4 Å². The smallest absolute Gasteiger partial charge is 0.282 e. The lowest BCUT2D eigenvalue weighted by Gasteiger charge is -2.25. The molecule has 0 radical (unpaired) electrons. The van der Waals surface area contributed by atoms with Gasteiger partial charge in [-0.15, -0.1) is 0 Å². The Labute approximate surface area is 189 Å². The second kappa shape index (κ2) is 9.60. The van der Waals surface area contributed by atoms with Crippen molar-refractivity contribution in [2.75, 3.05) is 18.0 Å². The van der Waals surface area contributed by atoms with Crippen molar-refractivity contribution in [1.29, 1.82) is 0 Å². The first-order valence-corrected chi connectivity index (χ1v) is 11.0. The Hall–Kier alpha value is -3.73. The molecule has 3 aromatic rings. The fourth-order valence-corrected chi connectivity index (χ4v) is 4.03. The number of likely N-dealkylation sites (N-methyl/N-ethyl adjacent to an activating group) is 1. The number of rotatable bonds is 8. The topological polar surface area (TPSA) is 53.5 Å². The molecule has 2 amide bonds. The Kier molecular flexibility index (Phi) is 6.45. The Bertz CT molecular complexity index is 1120. The molecule has 0 unspecified atom stereocenters. The maximum atomic E-state index is 13.7. The number of aryl methyl sites for hydroxylation is 1. The summed E-state index contributed by atoms with van der Waals surface area (Å²) in [6, 6.07) is 21.1. The van der Waals surface area contributed by atoms with Crippen LogP contribution in [0, 0.1) is 0 Å². The molecule has 5 nitrogen and oxygen atoms in total. The van der Waals surface area contributed by atoms with Crippen LogP contribution in [0.25, 0.3) is 5.57 Å². The number of aromatic nitrogens is 1. The molecule has 0 fully saturated rings. The highest BCUT2D eigenvalue weighted by molar-refractivity contribution is 6.45. The molecular formula is C27H27N3O2. The number of pyridine rings is 1. The SMILES string of the molecule is CCc1ccc(N2C(=O)C(c3ccccc3)=C(N(CC)CCc3ccncc3)C2=O)cc1. The molecule has 0 saturated heterocycles. The standard InChI is InChI=1S/C27H27N3O2/c1-3-20-10-12-23(13-11-20)30-26(31)24(22-8-6-5-7-9-22)25(27(30)32)29(4-2)19-16-21-14-17-28-18-15-21/h5-15,17-18H,3-4,16,19H2,1-2H3. The van der Waals surface area contributed by atoms with E-state index in [1.165, 1.54) is 4.90 Å². The normalized spacial score (nSPS) is 13.8. The second-order valence-corrected chi connectivity index (χ2v) is 7.74. The lowest BCUT2D eigenvalue weighted by molar-refractivity contribution is -0.120. The van der Waals surface area contributed by atoms with E-state index in [-0.39, 0.29) is 11.8 Å². The van der Waals surface area contributed by atoms with Crippen LogP contribution in [-0.2, 0) is 22.4 Å². The van der Waals surface area contributed by atoms with Gasteiger partial charge in [0.25, 0.3) is 11.8 Å². The van der Waals surface area contributed by atoms with Crippen LogP contribution in [0.4, 0.5) is 5.69 Å². The van der Waals surface area contributed by atoms with Gasteiger partial charge in [-0.2, -0.15) is 0 Å². The van der Waals surface area contributed by atoms with Crippen LogP contribution < -0.4 is 4.90 Å². The first-order valence-electron chi connectivity index (χ1n) is 11.0. The van der Waals surface area contributed by atoms with Crippen molar-refractivity contribution >= 4 is 23.1 Å². The lowest BCUT2D eigenvalue weighted by Crippen LogP contribution is -2.36. The highest BCUT2D eigenvalue weighted by Crippen LogP contribution is 2.35. The van der Waals surface area contributed by atoms with Gasteiger partial charge in [0.2, 0.25) is 0 Å². The fourth-order valence-electron chi connectivity index (χ4n) is 4.03. The van der Waals surface area contributed by atoms with Gasteiger partial charge in [-0.3, -0.25) is 14.6 Å². The lowest BCUT2D eigenvalue weighted by atomic mass is 10.0. The van der Waals surface area contributed by atoms with Gasteiger partial charge < -0.3 is 4.90 Å². The number of carbonyl (C=O) groups is 2. The number of anilines is 1. The molecule has 1 aliphatic heterocycles. The minimum atomic E-state index is -0.275. The van der Waals surface area contributed by atoms with E-state index in [4.69, 9.17) is 0 Å². The minimum Gasteiger partial charge on any atom is -0.366 e. The Morgan fingerprint density at radius 2 is 1.50 bits per heavy atom. The summed E-state index contributed by atoms with van der Waals surface area (Å²) in [7, 11) is 0. The van der Waals surface area contributed by atoms with E-state index in [2.05, 4.69) is 11.9 Å². The number of hydrogen-bond donors (Lipinski definition) is 0. The molecule has 1 aromatic heterocycles. The molecule has 0 atom stereocenters. The zero-order valence-corrected chi connectivity index (χ0v) is 18.5. The second-order valence-electron chi connectivity index (χ2n) is 7.74. The molecule has 4 rings (SSSR count). The summed E-state index contributed by atoms with van der Waals surface area (Å²) < 4.78 is 0. The van der Waals surface area contributed by atoms with Crippen molar-refractivity contribution in [3.8, 4) is 0 Å². The molecule has 2 heterocycles. The average Bonchev–Trinajstić information content (AvgIpc) is 3.10. The van der Waals surface area contributed by atoms with Gasteiger partial charge in [-0.25, -0.2) is 4.90 Å². The minimum absolute atomic E-state index is 0.269. The summed E-state index contributed by atoms with van der Waals surface area (Å²) in [6.45, 7) is 5.35. The molecule has 0 bridgehead atoms. The van der Waals surface area contributed by atoms with E-state index in [0.717, 1.165) is 29.5 Å². The Morgan fingerprint density at radius 1 is 0.812 bits per heavy atom. The highest BCUT2D eigenvalue weighted by atomic mass is 16.2. The van der Waals surface area contributed by atoms with Crippen LogP contribution in [0.15, 0.2) is 84.8 Å². The predicted octanol–water partition coefficient (Wildman–Crippen LogP) is 4.49. The van der Waals surface area contributed by atoms with Crippen LogP contribution in [0.1, 0.15) is 30.5 Å². The van der Waals surface area contributed by atoms with E-state index in [9.17, 15) is 9.59 Å². The van der Waals surface area contributed by atoms with Gasteiger partial charge in [-0.05, 0) is 60.7 Å². The molecule has 5 heteroatoms. The number of amides is 2. The average molecular weight is 426 g/mol. The number of benzene rings is 2. The Balaban J connectivity index is 1.72. The number of nitrogens with zero attached hydrogens (tertiary/aromatic N) is 3. The molecule has 0 spiro atoms. The predicted molar refractivity (Wildman–Crippen MR) is 127 cm³/mol. The van der Waals surface area contributed by atoms with Crippen LogP contribution in [0.3, 0.4) is 0 Å². The summed E-state index contributed by atoms with van der Waals surface area (Å²) in [5, 5.41) is 0. The zero-order chi connectivity index (χ0) is 22.5. The van der Waals surface area contributed by atoms with Crippen molar-refractivity contribution in [2.45, 2.75) is 26.7 Å². The van der Waals surface area contributed by atoms with Crippen molar-refractivity contribution in [3.05, 3.63) is 102 Å². The molecule has 0 N–H and O–H groups in total. The first-order chi connectivity index (χ1) is 15.6. The van der Waals surface area contributed by atoms with E-state index in [0.29, 0.717) is 30.0 Å². The summed E-state index contributed by atoms with van der Waals surface area (Å²) >= 11 is 0. The number of carbonyl (C=O) groups excluding carboxylic acids is 2. The molecule has 0 aliphatic carbocycles. The van der Waals surface area contributed by atoms with Crippen molar-refractivity contribution in [1.82, 2.24) is 9.88 Å². The van der Waals surface area contributed by atoms with Crippen LogP contribution >= 0.6 is 0 Å². The summed E-state index contributed by atoms with van der Waals surface area (Å²) in [6.07, 6.45) is 5.20. The van der Waals surface area contributed by atoms with Gasteiger partial charge in [0.15, 0.2) is 0 Å². The van der Waals surface area contributed by atoms with E-state index < -0.39 is 0 Å². The number of hydrogen-bond acceptors (Lipinski definition) is 4. The van der Waals surface area contributed by atoms with Crippen LogP contribution in [-0.4, -0.2) is 34.8 Å². The monoisotopic (exact) mass is 425 g/mol. The fraction of sp³-hybridized carbons (Fsp3) is 0.222. The van der Waals surface area contributed by atoms with Gasteiger partial charge in [0, 0.05) is 25.5 Å². The molecule has 0 saturated carbocycles. The third-order valence-corrected chi connectivity index (χ3v) is 5.84. The highest BCUT2D eigenvalue weighted by Gasteiger charge is 2.42. The van der Waals surface area contributed by atoms with Gasteiger partial charge in [0.05, 0.1) is 11.3 Å². The third kappa shape index (κ3) is 4.19. The van der Waals surface area contributed by atoms with E-state index >= 15 is 0 Å². The van der Waals surface area contributed by atoms with Crippen molar-refractivity contribution in [3.63, 3.8) is 0 Å². The summed E-state index contributed by atoms with van der Waals surface area (Å²) in [5.74, 6) is -0.544. The maximum absolute atomic E-state index is 13.7. The molecule has 2 aromatic carbocycles. The zero-order valence-electron chi connectivity index (χ0n) is 18.5. The van der Waals surface area contributed by atoms with E-state index in [1.807, 2.05) is 78.6 Å². The van der Waals surface area contributed by atoms with Crippen LogP contribution in [0.5, 0.6) is 0 Å². The summed E-state index contributed by atoms with van der Waals surface area (Å²) in [4.78, 5) is 34.7. The van der Waals surface area contributed by atoms with Gasteiger partial charge in [-0.1, -0.05) is 49.4 Å². The summed E-state index contributed by atoms with van der Waals surface area (Å²) in [5.41, 5.74) is 4.60. The van der Waals surface area contributed by atoms with Gasteiger partial charge in [0.1, 0.15) is 5.70 Å². The molecule has 1 aliphatic rings. The largest absolute Gasteiger partial charge is 0.366 e. The molecule has 32 heavy (non-hydrogen) atoms.